The molecule has 0 aliphatic heterocycles. The van der Waals surface area contributed by atoms with Crippen molar-refractivity contribution in [2.45, 2.75) is 13.3 Å². The first kappa shape index (κ1) is 23.5. The van der Waals surface area contributed by atoms with Gasteiger partial charge in [-0.1, -0.05) is 36.9 Å². The van der Waals surface area contributed by atoms with Gasteiger partial charge < -0.3 is 14.9 Å². The van der Waals surface area contributed by atoms with Crippen LogP contribution in [0.4, 0.5) is 5.69 Å². The second-order valence-electron chi connectivity index (χ2n) is 9.77. The molecule has 0 unspecified atom stereocenters. The number of aromatic nitrogens is 8. The molecular weight excluding hydrogens is 498 g/mol. The van der Waals surface area contributed by atoms with Gasteiger partial charge in [0.05, 0.1) is 70.6 Å². The molecule has 0 bridgehead atoms. The molecule has 0 saturated heterocycles. The van der Waals surface area contributed by atoms with E-state index >= 15 is 0 Å². The number of allylic oxidation sites excluding steroid dienone is 1. The summed E-state index contributed by atoms with van der Waals surface area (Å²) in [6.45, 7) is 6.16. The van der Waals surface area contributed by atoms with Crippen LogP contribution in [0.3, 0.4) is 0 Å². The lowest BCUT2D eigenvalue weighted by molar-refractivity contribution is 1.05. The number of nitrogens with one attached hydrogen (secondary N) is 3. The Labute approximate surface area is 229 Å². The lowest BCUT2D eigenvalue weighted by Gasteiger charge is -2.11. The molecule has 0 fully saturated rings. The Morgan fingerprint density at radius 1 is 0.925 bits per heavy atom. The van der Waals surface area contributed by atoms with Crippen LogP contribution in [0, 0.1) is 6.92 Å². The Morgan fingerprint density at radius 2 is 1.80 bits per heavy atom. The van der Waals surface area contributed by atoms with E-state index in [9.17, 15) is 0 Å². The molecule has 9 nitrogen and oxygen atoms in total. The molecule has 3 N–H and O–H groups in total. The molecule has 0 atom stereocenters. The van der Waals surface area contributed by atoms with Crippen molar-refractivity contribution in [2.24, 2.45) is 0 Å². The summed E-state index contributed by atoms with van der Waals surface area (Å²) in [7, 11) is 0. The number of benzene rings is 1. The third kappa shape index (κ3) is 4.39. The summed E-state index contributed by atoms with van der Waals surface area (Å²) in [5, 5.41) is 13.1. The summed E-state index contributed by atoms with van der Waals surface area (Å²) >= 11 is 0. The third-order valence-electron chi connectivity index (χ3n) is 6.83. The van der Waals surface area contributed by atoms with Crippen molar-refractivity contribution >= 4 is 27.5 Å². The Balaban J connectivity index is 1.21. The van der Waals surface area contributed by atoms with Crippen molar-refractivity contribution < 1.29 is 0 Å². The van der Waals surface area contributed by atoms with E-state index in [1.807, 2.05) is 66.6 Å². The SMILES string of the molecule is C=C(Cc1ccccc1)Nc1cncc(-c2cc3c(-c4cc5c(-n6cnc(C)c6)cncc5[nH]4)n[nH]c3cn2)c1. The van der Waals surface area contributed by atoms with Crippen LogP contribution < -0.4 is 5.32 Å². The fourth-order valence-electron chi connectivity index (χ4n) is 4.94. The van der Waals surface area contributed by atoms with E-state index in [4.69, 9.17) is 0 Å². The predicted octanol–water partition coefficient (Wildman–Crippen LogP) is 6.23. The largest absolute Gasteiger partial charge is 0.358 e. The molecule has 0 aliphatic rings. The second kappa shape index (κ2) is 9.63. The van der Waals surface area contributed by atoms with Crippen molar-refractivity contribution in [3.63, 3.8) is 0 Å². The fourth-order valence-corrected chi connectivity index (χ4v) is 4.94. The van der Waals surface area contributed by atoms with Gasteiger partial charge in [0.15, 0.2) is 0 Å². The maximum absolute atomic E-state index is 4.68. The van der Waals surface area contributed by atoms with E-state index in [1.165, 1.54) is 5.56 Å². The quantitative estimate of drug-likeness (QED) is 0.228. The Kier molecular flexibility index (Phi) is 5.67. The molecule has 194 valence electrons. The van der Waals surface area contributed by atoms with Gasteiger partial charge in [0.1, 0.15) is 5.69 Å². The summed E-state index contributed by atoms with van der Waals surface area (Å²) in [4.78, 5) is 21.4. The highest BCUT2D eigenvalue weighted by Gasteiger charge is 2.15. The number of H-pyrrole nitrogens is 2. The van der Waals surface area contributed by atoms with Gasteiger partial charge in [-0.05, 0) is 30.7 Å². The number of pyridine rings is 3. The minimum atomic E-state index is 0.732. The number of hydrogen-bond donors (Lipinski definition) is 3. The Bertz CT molecular complexity index is 2000. The molecule has 0 saturated carbocycles. The van der Waals surface area contributed by atoms with Gasteiger partial charge in [-0.2, -0.15) is 5.10 Å². The van der Waals surface area contributed by atoms with Crippen LogP contribution >= 0.6 is 0 Å². The number of hydrogen-bond acceptors (Lipinski definition) is 6. The molecule has 40 heavy (non-hydrogen) atoms. The fraction of sp³-hybridized carbons (Fsp3) is 0.0645. The minimum Gasteiger partial charge on any atom is -0.358 e. The number of rotatable bonds is 7. The van der Waals surface area contributed by atoms with E-state index in [-0.39, 0.29) is 0 Å². The molecule has 7 aromatic rings. The number of anilines is 1. The number of fused-ring (bicyclic) bond motifs is 2. The summed E-state index contributed by atoms with van der Waals surface area (Å²) < 4.78 is 1.98. The van der Waals surface area contributed by atoms with E-state index in [1.54, 1.807) is 18.7 Å². The van der Waals surface area contributed by atoms with Crippen LogP contribution in [0.5, 0.6) is 0 Å². The predicted molar refractivity (Wildman–Crippen MR) is 157 cm³/mol. The highest BCUT2D eigenvalue weighted by molar-refractivity contribution is 5.98. The summed E-state index contributed by atoms with van der Waals surface area (Å²) in [5.41, 5.74) is 10.00. The highest BCUT2D eigenvalue weighted by atomic mass is 15.1. The lowest BCUT2D eigenvalue weighted by Crippen LogP contribution is -2.02. The topological polar surface area (TPSA) is 113 Å². The Hall–Kier alpha value is -5.57. The number of aryl methyl sites for hydroxylation is 1. The average Bonchev–Trinajstić information content (AvgIpc) is 3.71. The third-order valence-corrected chi connectivity index (χ3v) is 6.83. The molecule has 1 aromatic carbocycles. The van der Waals surface area contributed by atoms with E-state index in [2.05, 4.69) is 65.2 Å². The zero-order valence-electron chi connectivity index (χ0n) is 21.8. The van der Waals surface area contributed by atoms with Crippen LogP contribution in [0.15, 0.2) is 104 Å². The smallest absolute Gasteiger partial charge is 0.116 e. The summed E-state index contributed by atoms with van der Waals surface area (Å²) in [6, 6.07) is 16.4. The van der Waals surface area contributed by atoms with Gasteiger partial charge in [-0.25, -0.2) is 4.98 Å². The first-order valence-corrected chi connectivity index (χ1v) is 12.9. The van der Waals surface area contributed by atoms with Crippen LogP contribution in [-0.4, -0.2) is 39.7 Å². The van der Waals surface area contributed by atoms with Gasteiger partial charge >= 0.3 is 0 Å². The van der Waals surface area contributed by atoms with Crippen LogP contribution in [-0.2, 0) is 6.42 Å². The molecule has 0 aliphatic carbocycles. The average molecular weight is 524 g/mol. The molecule has 9 heteroatoms. The van der Waals surface area contributed by atoms with Gasteiger partial charge in [0, 0.05) is 40.8 Å². The number of aromatic amines is 2. The molecule has 0 spiro atoms. The maximum Gasteiger partial charge on any atom is 0.116 e. The lowest BCUT2D eigenvalue weighted by atomic mass is 10.1. The highest BCUT2D eigenvalue weighted by Crippen LogP contribution is 2.32. The van der Waals surface area contributed by atoms with Crippen molar-refractivity contribution in [1.29, 1.82) is 0 Å². The molecule has 6 heterocycles. The summed E-state index contributed by atoms with van der Waals surface area (Å²) in [6.07, 6.45) is 13.6. The van der Waals surface area contributed by atoms with Gasteiger partial charge in [0.2, 0.25) is 0 Å². The summed E-state index contributed by atoms with van der Waals surface area (Å²) in [5.74, 6) is 0. The molecule has 0 amide bonds. The zero-order chi connectivity index (χ0) is 27.1. The van der Waals surface area contributed by atoms with Crippen LogP contribution in [0.1, 0.15) is 11.3 Å². The monoisotopic (exact) mass is 523 g/mol. The molecule has 7 rings (SSSR count). The molecule has 6 aromatic heterocycles. The van der Waals surface area contributed by atoms with Crippen molar-refractivity contribution in [3.8, 4) is 28.3 Å². The molecule has 0 radical (unpaired) electrons. The minimum absolute atomic E-state index is 0.732. The second-order valence-corrected chi connectivity index (χ2v) is 9.77. The van der Waals surface area contributed by atoms with Gasteiger partial charge in [0.25, 0.3) is 0 Å². The van der Waals surface area contributed by atoms with Gasteiger partial charge in [-0.3, -0.25) is 20.1 Å². The maximum atomic E-state index is 4.68. The van der Waals surface area contributed by atoms with E-state index < -0.39 is 0 Å². The zero-order valence-corrected chi connectivity index (χ0v) is 21.8. The standard InChI is InChI=1S/C31H25N9/c1-19(8-21-6-4-3-5-7-21)36-23-9-22(12-32-13-23)26-11-25-29(15-34-26)38-39-31(25)27-10-24-28(37-27)14-33-16-30(24)40-17-20(2)35-18-40/h3-7,9-18,36-37H,1,8H2,2H3,(H,38,39). The molecular formula is C31H25N9. The first-order chi connectivity index (χ1) is 19.6. The van der Waals surface area contributed by atoms with Crippen molar-refractivity contribution in [2.75, 3.05) is 5.32 Å². The van der Waals surface area contributed by atoms with Crippen molar-refractivity contribution in [3.05, 3.63) is 116 Å². The normalized spacial score (nSPS) is 11.3. The van der Waals surface area contributed by atoms with Crippen molar-refractivity contribution in [1.82, 2.24) is 39.7 Å². The van der Waals surface area contributed by atoms with Gasteiger partial charge in [-0.15, -0.1) is 0 Å². The number of nitrogens with zero attached hydrogens (tertiary/aromatic N) is 6. The first-order valence-electron chi connectivity index (χ1n) is 12.9. The van der Waals surface area contributed by atoms with E-state index in [0.29, 0.717) is 0 Å². The Morgan fingerprint density at radius 3 is 2.65 bits per heavy atom. The van der Waals surface area contributed by atoms with E-state index in [0.717, 1.165) is 73.6 Å². The van der Waals surface area contributed by atoms with Crippen LogP contribution in [0.2, 0.25) is 0 Å². The van der Waals surface area contributed by atoms with Crippen LogP contribution in [0.25, 0.3) is 50.1 Å². The number of imidazole rings is 1.